The van der Waals surface area contributed by atoms with Crippen LogP contribution in [0.25, 0.3) is 5.69 Å². The number of nitrogens with zero attached hydrogens (tertiary/aromatic N) is 2. The molecule has 0 radical (unpaired) electrons. The molecular weight excluding hydrogens is 416 g/mol. The van der Waals surface area contributed by atoms with Crippen molar-refractivity contribution in [3.63, 3.8) is 0 Å². The van der Waals surface area contributed by atoms with Crippen molar-refractivity contribution in [2.24, 2.45) is 0 Å². The van der Waals surface area contributed by atoms with Crippen LogP contribution in [0, 0.1) is 4.77 Å². The summed E-state index contributed by atoms with van der Waals surface area (Å²) >= 11 is 11.4. The van der Waals surface area contributed by atoms with Crippen molar-refractivity contribution < 1.29 is 19.0 Å². The van der Waals surface area contributed by atoms with E-state index in [0.29, 0.717) is 38.4 Å². The van der Waals surface area contributed by atoms with Gasteiger partial charge in [0.1, 0.15) is 0 Å². The van der Waals surface area contributed by atoms with Crippen LogP contribution in [0.2, 0.25) is 5.02 Å². The van der Waals surface area contributed by atoms with E-state index in [2.05, 4.69) is 15.5 Å². The quantitative estimate of drug-likeness (QED) is 0.553. The van der Waals surface area contributed by atoms with Crippen LogP contribution in [-0.4, -0.2) is 42.0 Å². The molecule has 10 heteroatoms. The molecule has 0 fully saturated rings. The average molecular weight is 435 g/mol. The smallest absolute Gasteiger partial charge is 0.251 e. The van der Waals surface area contributed by atoms with Crippen molar-refractivity contribution >= 4 is 29.7 Å². The van der Waals surface area contributed by atoms with Crippen molar-refractivity contribution in [2.45, 2.75) is 6.54 Å². The molecule has 8 nitrogen and oxygen atoms in total. The van der Waals surface area contributed by atoms with Gasteiger partial charge in [0.25, 0.3) is 5.91 Å². The van der Waals surface area contributed by atoms with E-state index in [9.17, 15) is 4.79 Å². The SMILES string of the molecule is COc1cc(C(=O)NCc2n[nH]c(=S)n2-c2cccc(Cl)c2)cc(OC)c1OC. The Morgan fingerprint density at radius 2 is 1.86 bits per heavy atom. The van der Waals surface area contributed by atoms with Crippen LogP contribution < -0.4 is 19.5 Å². The second-order valence-electron chi connectivity index (χ2n) is 5.86. The van der Waals surface area contributed by atoms with E-state index in [1.165, 1.54) is 21.3 Å². The molecule has 1 amide bonds. The normalized spacial score (nSPS) is 10.5. The van der Waals surface area contributed by atoms with Gasteiger partial charge < -0.3 is 19.5 Å². The molecule has 3 aromatic rings. The van der Waals surface area contributed by atoms with E-state index in [1.807, 2.05) is 12.1 Å². The number of benzene rings is 2. The highest BCUT2D eigenvalue weighted by molar-refractivity contribution is 7.71. The van der Waals surface area contributed by atoms with E-state index >= 15 is 0 Å². The highest BCUT2D eigenvalue weighted by atomic mass is 35.5. The number of methoxy groups -OCH3 is 3. The molecule has 3 rings (SSSR count). The number of hydrogen-bond donors (Lipinski definition) is 2. The van der Waals surface area contributed by atoms with Crippen LogP contribution in [0.3, 0.4) is 0 Å². The maximum absolute atomic E-state index is 12.7. The predicted octanol–water partition coefficient (Wildman–Crippen LogP) is 3.54. The maximum atomic E-state index is 12.7. The third-order valence-corrected chi connectivity index (χ3v) is 4.65. The number of hydrogen-bond acceptors (Lipinski definition) is 6. The molecule has 0 unspecified atom stereocenters. The molecule has 0 aliphatic heterocycles. The van der Waals surface area contributed by atoms with Crippen molar-refractivity contribution in [1.82, 2.24) is 20.1 Å². The maximum Gasteiger partial charge on any atom is 0.251 e. The van der Waals surface area contributed by atoms with Crippen LogP contribution in [0.4, 0.5) is 0 Å². The lowest BCUT2D eigenvalue weighted by Gasteiger charge is -2.14. The Balaban J connectivity index is 1.85. The third-order valence-electron chi connectivity index (χ3n) is 4.14. The second kappa shape index (κ2) is 8.97. The number of carbonyl (C=O) groups excluding carboxylic acids is 1. The summed E-state index contributed by atoms with van der Waals surface area (Å²) in [6, 6.07) is 10.3. The van der Waals surface area contributed by atoms with Crippen molar-refractivity contribution in [3.05, 3.63) is 57.6 Å². The Bertz CT molecular complexity index is 1070. The Morgan fingerprint density at radius 1 is 1.17 bits per heavy atom. The number of nitrogens with one attached hydrogen (secondary N) is 2. The molecule has 0 saturated carbocycles. The van der Waals surface area contributed by atoms with Crippen molar-refractivity contribution in [2.75, 3.05) is 21.3 Å². The summed E-state index contributed by atoms with van der Waals surface area (Å²) in [6.45, 7) is 0.134. The lowest BCUT2D eigenvalue weighted by atomic mass is 10.1. The summed E-state index contributed by atoms with van der Waals surface area (Å²) < 4.78 is 18.0. The van der Waals surface area contributed by atoms with Crippen molar-refractivity contribution in [1.29, 1.82) is 0 Å². The van der Waals surface area contributed by atoms with Gasteiger partial charge >= 0.3 is 0 Å². The number of carbonyl (C=O) groups is 1. The van der Waals surface area contributed by atoms with Gasteiger partial charge in [0.15, 0.2) is 22.1 Å². The van der Waals surface area contributed by atoms with Gasteiger partial charge in [0, 0.05) is 10.6 Å². The Hall–Kier alpha value is -3.04. The van der Waals surface area contributed by atoms with Gasteiger partial charge in [-0.3, -0.25) is 14.5 Å². The number of amides is 1. The van der Waals surface area contributed by atoms with E-state index in [0.717, 1.165) is 5.69 Å². The number of H-pyrrole nitrogens is 1. The molecule has 2 N–H and O–H groups in total. The standard InChI is InChI=1S/C19H19ClN4O4S/c1-26-14-7-11(8-15(27-2)17(14)28-3)18(25)21-10-16-22-23-19(29)24(16)13-6-4-5-12(20)9-13/h4-9H,10H2,1-3H3,(H,21,25)(H,23,29). The minimum Gasteiger partial charge on any atom is -0.493 e. The molecule has 2 aromatic carbocycles. The van der Waals surface area contributed by atoms with Crippen LogP contribution in [0.15, 0.2) is 36.4 Å². The van der Waals surface area contributed by atoms with Crippen molar-refractivity contribution in [3.8, 4) is 22.9 Å². The van der Waals surface area contributed by atoms with E-state index in [-0.39, 0.29) is 12.5 Å². The molecule has 0 bridgehead atoms. The summed E-state index contributed by atoms with van der Waals surface area (Å²) in [4.78, 5) is 12.7. The molecule has 0 saturated heterocycles. The molecular formula is C19H19ClN4O4S. The summed E-state index contributed by atoms with van der Waals surface area (Å²) in [5.74, 6) is 1.37. The van der Waals surface area contributed by atoms with Gasteiger partial charge in [-0.1, -0.05) is 17.7 Å². The first-order chi connectivity index (χ1) is 14.0. The van der Waals surface area contributed by atoms with E-state index in [4.69, 9.17) is 38.0 Å². The van der Waals surface area contributed by atoms with Gasteiger partial charge in [-0.15, -0.1) is 0 Å². The van der Waals surface area contributed by atoms with Gasteiger partial charge in [-0.25, -0.2) is 0 Å². The zero-order chi connectivity index (χ0) is 21.0. The fraction of sp³-hybridized carbons (Fsp3) is 0.211. The topological polar surface area (TPSA) is 90.4 Å². The van der Waals surface area contributed by atoms with Crippen LogP contribution in [0.1, 0.15) is 16.2 Å². The fourth-order valence-corrected chi connectivity index (χ4v) is 3.24. The molecule has 0 aliphatic carbocycles. The average Bonchev–Trinajstić information content (AvgIpc) is 3.11. The van der Waals surface area contributed by atoms with Crippen LogP contribution in [0.5, 0.6) is 17.2 Å². The first kappa shape index (κ1) is 20.7. The summed E-state index contributed by atoms with van der Waals surface area (Å²) in [6.07, 6.45) is 0. The molecule has 1 heterocycles. The monoisotopic (exact) mass is 434 g/mol. The zero-order valence-corrected chi connectivity index (χ0v) is 17.6. The first-order valence-electron chi connectivity index (χ1n) is 8.49. The lowest BCUT2D eigenvalue weighted by Crippen LogP contribution is -2.24. The minimum atomic E-state index is -0.337. The summed E-state index contributed by atoms with van der Waals surface area (Å²) in [5, 5.41) is 10.3. The number of rotatable bonds is 7. The molecule has 0 aliphatic rings. The molecule has 152 valence electrons. The molecule has 1 aromatic heterocycles. The Labute approximate surface area is 177 Å². The largest absolute Gasteiger partial charge is 0.493 e. The minimum absolute atomic E-state index is 0.134. The second-order valence-corrected chi connectivity index (χ2v) is 6.68. The molecule has 0 atom stereocenters. The first-order valence-corrected chi connectivity index (χ1v) is 9.27. The number of aromatic amines is 1. The Kier molecular flexibility index (Phi) is 6.40. The van der Waals surface area contributed by atoms with Crippen LogP contribution in [-0.2, 0) is 6.54 Å². The van der Waals surface area contributed by atoms with E-state index in [1.54, 1.807) is 28.8 Å². The molecule has 0 spiro atoms. The van der Waals surface area contributed by atoms with Gasteiger partial charge in [-0.2, -0.15) is 5.10 Å². The highest BCUT2D eigenvalue weighted by Crippen LogP contribution is 2.38. The highest BCUT2D eigenvalue weighted by Gasteiger charge is 2.18. The Morgan fingerprint density at radius 3 is 2.45 bits per heavy atom. The molecule has 29 heavy (non-hydrogen) atoms. The summed E-state index contributed by atoms with van der Waals surface area (Å²) in [5.41, 5.74) is 1.09. The van der Waals surface area contributed by atoms with Gasteiger partial charge in [0.2, 0.25) is 5.75 Å². The summed E-state index contributed by atoms with van der Waals surface area (Å²) in [7, 11) is 4.47. The van der Waals surface area contributed by atoms with Crippen LogP contribution >= 0.6 is 23.8 Å². The van der Waals surface area contributed by atoms with E-state index < -0.39 is 0 Å². The number of halogens is 1. The predicted molar refractivity (Wildman–Crippen MR) is 111 cm³/mol. The number of ether oxygens (including phenoxy) is 3. The number of aromatic nitrogens is 3. The van der Waals surface area contributed by atoms with Gasteiger partial charge in [0.05, 0.1) is 33.6 Å². The van der Waals surface area contributed by atoms with Gasteiger partial charge in [-0.05, 0) is 42.5 Å². The lowest BCUT2D eigenvalue weighted by molar-refractivity contribution is 0.0949. The third kappa shape index (κ3) is 4.36. The fourth-order valence-electron chi connectivity index (χ4n) is 2.80. The zero-order valence-electron chi connectivity index (χ0n) is 16.0.